The maximum atomic E-state index is 6.43. The van der Waals surface area contributed by atoms with Gasteiger partial charge in [-0.1, -0.05) is 53.5 Å². The molecule has 0 atom stereocenters. The highest BCUT2D eigenvalue weighted by Gasteiger charge is 2.12. The minimum atomic E-state index is 0.341. The van der Waals surface area contributed by atoms with E-state index in [4.69, 9.17) is 32.7 Å². The van der Waals surface area contributed by atoms with Crippen LogP contribution in [-0.4, -0.2) is 13.3 Å². The second kappa shape index (κ2) is 8.94. The number of hydrogen-bond acceptors (Lipinski definition) is 3. The highest BCUT2D eigenvalue weighted by molar-refractivity contribution is 6.32. The van der Waals surface area contributed by atoms with Crippen LogP contribution in [0.25, 0.3) is 0 Å². The summed E-state index contributed by atoms with van der Waals surface area (Å²) in [7, 11) is 1.58. The third-order valence-electron chi connectivity index (χ3n) is 3.99. The van der Waals surface area contributed by atoms with Gasteiger partial charge in [0, 0.05) is 11.2 Å². The summed E-state index contributed by atoms with van der Waals surface area (Å²) in [6.45, 7) is 2.36. The average molecular weight is 400 g/mol. The van der Waals surface area contributed by atoms with E-state index in [9.17, 15) is 0 Å². The third-order valence-corrected chi connectivity index (χ3v) is 4.51. The molecule has 3 aromatic rings. The van der Waals surface area contributed by atoms with E-state index in [1.807, 2.05) is 61.5 Å². The first-order valence-corrected chi connectivity index (χ1v) is 9.17. The second-order valence-corrected chi connectivity index (χ2v) is 6.84. The largest absolute Gasteiger partial charge is 0.493 e. The van der Waals surface area contributed by atoms with E-state index < -0.39 is 0 Å². The molecule has 0 aliphatic heterocycles. The van der Waals surface area contributed by atoms with Gasteiger partial charge in [-0.3, -0.25) is 4.99 Å². The molecule has 0 saturated carbocycles. The monoisotopic (exact) mass is 399 g/mol. The van der Waals surface area contributed by atoms with Crippen LogP contribution in [0.3, 0.4) is 0 Å². The van der Waals surface area contributed by atoms with Gasteiger partial charge in [0.1, 0.15) is 6.61 Å². The molecular formula is C22H19Cl2NO2. The molecule has 3 aromatic carbocycles. The van der Waals surface area contributed by atoms with E-state index in [0.29, 0.717) is 28.2 Å². The summed E-state index contributed by atoms with van der Waals surface area (Å²) >= 11 is 12.4. The summed E-state index contributed by atoms with van der Waals surface area (Å²) < 4.78 is 11.3. The molecule has 0 unspecified atom stereocenters. The summed E-state index contributed by atoms with van der Waals surface area (Å²) in [6, 6.07) is 19.1. The van der Waals surface area contributed by atoms with Crippen molar-refractivity contribution in [2.45, 2.75) is 13.5 Å². The maximum absolute atomic E-state index is 6.43. The van der Waals surface area contributed by atoms with Crippen LogP contribution in [0.4, 0.5) is 5.69 Å². The summed E-state index contributed by atoms with van der Waals surface area (Å²) in [4.78, 5) is 4.53. The summed E-state index contributed by atoms with van der Waals surface area (Å²) in [6.07, 6.45) is 1.76. The quantitative estimate of drug-likeness (QED) is 0.434. The van der Waals surface area contributed by atoms with Gasteiger partial charge in [0.2, 0.25) is 0 Å². The fraction of sp³-hybridized carbons (Fsp3) is 0.136. The molecule has 0 radical (unpaired) electrons. The van der Waals surface area contributed by atoms with Crippen LogP contribution in [0, 0.1) is 6.92 Å². The van der Waals surface area contributed by atoms with Crippen LogP contribution in [0.1, 0.15) is 16.7 Å². The Morgan fingerprint density at radius 2 is 1.81 bits per heavy atom. The lowest BCUT2D eigenvalue weighted by atomic mass is 10.2. The molecule has 0 heterocycles. The Morgan fingerprint density at radius 1 is 1.00 bits per heavy atom. The Morgan fingerprint density at radius 3 is 2.56 bits per heavy atom. The Bertz CT molecular complexity index is 970. The van der Waals surface area contributed by atoms with Crippen molar-refractivity contribution in [1.82, 2.24) is 0 Å². The topological polar surface area (TPSA) is 30.8 Å². The van der Waals surface area contributed by atoms with Gasteiger partial charge in [0.15, 0.2) is 11.5 Å². The van der Waals surface area contributed by atoms with Gasteiger partial charge < -0.3 is 9.47 Å². The van der Waals surface area contributed by atoms with Crippen LogP contribution in [0.2, 0.25) is 10.0 Å². The number of ether oxygens (including phenoxy) is 2. The number of nitrogens with zero attached hydrogens (tertiary/aromatic N) is 1. The number of halogens is 2. The molecular weight excluding hydrogens is 381 g/mol. The predicted octanol–water partition coefficient (Wildman–Crippen LogP) is 6.64. The highest BCUT2D eigenvalue weighted by Crippen LogP contribution is 2.37. The van der Waals surface area contributed by atoms with E-state index in [1.54, 1.807) is 19.4 Å². The molecule has 0 bridgehead atoms. The number of benzene rings is 3. The first-order valence-electron chi connectivity index (χ1n) is 8.41. The number of aliphatic imine (C=N–C) groups is 1. The molecule has 0 fully saturated rings. The predicted molar refractivity (Wildman–Crippen MR) is 112 cm³/mol. The fourth-order valence-electron chi connectivity index (χ4n) is 2.59. The maximum Gasteiger partial charge on any atom is 0.180 e. The number of hydrogen-bond donors (Lipinski definition) is 0. The normalized spacial score (nSPS) is 11.0. The molecule has 0 N–H and O–H groups in total. The number of aryl methyl sites for hydroxylation is 1. The third kappa shape index (κ3) is 5.03. The van der Waals surface area contributed by atoms with Crippen molar-refractivity contribution in [2.75, 3.05) is 7.11 Å². The lowest BCUT2D eigenvalue weighted by Crippen LogP contribution is -1.99. The van der Waals surface area contributed by atoms with E-state index in [0.717, 1.165) is 22.4 Å². The number of methoxy groups -OCH3 is 1. The Balaban J connectivity index is 1.81. The smallest absolute Gasteiger partial charge is 0.180 e. The Kier molecular flexibility index (Phi) is 6.38. The van der Waals surface area contributed by atoms with Crippen molar-refractivity contribution in [3.8, 4) is 11.5 Å². The first kappa shape index (κ1) is 19.3. The minimum Gasteiger partial charge on any atom is -0.493 e. The van der Waals surface area contributed by atoms with Crippen molar-refractivity contribution in [2.24, 2.45) is 4.99 Å². The zero-order chi connectivity index (χ0) is 19.2. The van der Waals surface area contributed by atoms with Crippen molar-refractivity contribution < 1.29 is 9.47 Å². The lowest BCUT2D eigenvalue weighted by molar-refractivity contribution is 0.284. The van der Waals surface area contributed by atoms with Crippen LogP contribution >= 0.6 is 23.2 Å². The average Bonchev–Trinajstić information content (AvgIpc) is 2.66. The van der Waals surface area contributed by atoms with Crippen molar-refractivity contribution in [1.29, 1.82) is 0 Å². The molecule has 0 aliphatic rings. The van der Waals surface area contributed by atoms with Crippen LogP contribution in [0.5, 0.6) is 11.5 Å². The van der Waals surface area contributed by atoms with Gasteiger partial charge in [-0.05, 0) is 53.9 Å². The molecule has 0 amide bonds. The molecule has 138 valence electrons. The van der Waals surface area contributed by atoms with Gasteiger partial charge in [-0.2, -0.15) is 0 Å². The van der Waals surface area contributed by atoms with Crippen LogP contribution in [-0.2, 0) is 6.61 Å². The Hall–Kier alpha value is -2.49. The van der Waals surface area contributed by atoms with Crippen molar-refractivity contribution in [3.63, 3.8) is 0 Å². The van der Waals surface area contributed by atoms with E-state index in [-0.39, 0.29) is 0 Å². The minimum absolute atomic E-state index is 0.341. The van der Waals surface area contributed by atoms with E-state index in [2.05, 4.69) is 4.99 Å². The fourth-order valence-corrected chi connectivity index (χ4v) is 3.08. The number of para-hydroxylation sites is 1. The molecule has 3 rings (SSSR count). The number of rotatable bonds is 6. The standard InChI is InChI=1S/C22H19Cl2NO2/c1-15-6-3-4-9-20(15)25-13-17-11-19(24)22(21(12-17)26-2)27-14-16-7-5-8-18(23)10-16/h3-13H,14H2,1-2H3. The van der Waals surface area contributed by atoms with Gasteiger partial charge in [0.05, 0.1) is 17.8 Å². The molecule has 3 nitrogen and oxygen atoms in total. The summed E-state index contributed by atoms with van der Waals surface area (Å²) in [5, 5.41) is 1.12. The van der Waals surface area contributed by atoms with Crippen LogP contribution in [0.15, 0.2) is 65.7 Å². The molecule has 27 heavy (non-hydrogen) atoms. The van der Waals surface area contributed by atoms with Gasteiger partial charge in [-0.25, -0.2) is 0 Å². The Labute approximate surface area is 169 Å². The first-order chi connectivity index (χ1) is 13.1. The van der Waals surface area contributed by atoms with Gasteiger partial charge in [-0.15, -0.1) is 0 Å². The molecule has 0 saturated heterocycles. The van der Waals surface area contributed by atoms with Gasteiger partial charge >= 0.3 is 0 Å². The van der Waals surface area contributed by atoms with Crippen molar-refractivity contribution in [3.05, 3.63) is 87.4 Å². The molecule has 0 spiro atoms. The van der Waals surface area contributed by atoms with Crippen LogP contribution < -0.4 is 9.47 Å². The summed E-state index contributed by atoms with van der Waals surface area (Å²) in [5.41, 5.74) is 3.79. The van der Waals surface area contributed by atoms with Crippen molar-refractivity contribution >= 4 is 35.1 Å². The molecule has 5 heteroatoms. The lowest BCUT2D eigenvalue weighted by Gasteiger charge is -2.13. The van der Waals surface area contributed by atoms with E-state index in [1.165, 1.54) is 0 Å². The second-order valence-electron chi connectivity index (χ2n) is 6.00. The molecule has 0 aliphatic carbocycles. The van der Waals surface area contributed by atoms with Gasteiger partial charge in [0.25, 0.3) is 0 Å². The zero-order valence-corrected chi connectivity index (χ0v) is 16.6. The summed E-state index contributed by atoms with van der Waals surface area (Å²) in [5.74, 6) is 1.04. The highest BCUT2D eigenvalue weighted by atomic mass is 35.5. The van der Waals surface area contributed by atoms with E-state index >= 15 is 0 Å². The molecule has 0 aromatic heterocycles. The zero-order valence-electron chi connectivity index (χ0n) is 15.1. The SMILES string of the molecule is COc1cc(C=Nc2ccccc2C)cc(Cl)c1OCc1cccc(Cl)c1.